The van der Waals surface area contributed by atoms with Crippen LogP contribution >= 0.6 is 0 Å². The Hall–Kier alpha value is -2.74. The van der Waals surface area contributed by atoms with Crippen LogP contribution < -0.4 is 5.32 Å². The van der Waals surface area contributed by atoms with Crippen molar-refractivity contribution in [3.05, 3.63) is 63.7 Å². The highest BCUT2D eigenvalue weighted by molar-refractivity contribution is 7.90. The molecule has 3 rings (SSSR count). The van der Waals surface area contributed by atoms with Crippen LogP contribution in [0.5, 0.6) is 0 Å². The number of hydrogen-bond acceptors (Lipinski definition) is 5. The number of nitro benzene ring substituents is 1. The Kier molecular flexibility index (Phi) is 3.18. The van der Waals surface area contributed by atoms with Gasteiger partial charge in [0, 0.05) is 23.4 Å². The molecule has 0 aliphatic carbocycles. The van der Waals surface area contributed by atoms with Gasteiger partial charge in [0.05, 0.1) is 4.92 Å². The zero-order valence-electron chi connectivity index (χ0n) is 11.5. The Balaban J connectivity index is 2.00. The van der Waals surface area contributed by atoms with E-state index in [-0.39, 0.29) is 16.4 Å². The van der Waals surface area contributed by atoms with Crippen molar-refractivity contribution in [2.24, 2.45) is 4.40 Å². The minimum absolute atomic E-state index is 0.0237. The molecule has 1 N–H and O–H groups in total. The number of hydrogen-bond donors (Lipinski definition) is 1. The lowest BCUT2D eigenvalue weighted by atomic mass is 10.1. The van der Waals surface area contributed by atoms with E-state index in [1.54, 1.807) is 25.1 Å². The zero-order chi connectivity index (χ0) is 15.9. The number of nitro groups is 1. The van der Waals surface area contributed by atoms with E-state index in [0.29, 0.717) is 16.8 Å². The van der Waals surface area contributed by atoms with Gasteiger partial charge >= 0.3 is 0 Å². The molecule has 0 spiro atoms. The van der Waals surface area contributed by atoms with Crippen LogP contribution in [0.1, 0.15) is 11.1 Å². The second kappa shape index (κ2) is 4.92. The van der Waals surface area contributed by atoms with Gasteiger partial charge in [0.25, 0.3) is 15.7 Å². The van der Waals surface area contributed by atoms with Crippen LogP contribution in [0.25, 0.3) is 0 Å². The van der Waals surface area contributed by atoms with Crippen molar-refractivity contribution in [1.82, 2.24) is 0 Å². The lowest BCUT2D eigenvalue weighted by Gasteiger charge is -2.09. The van der Waals surface area contributed by atoms with E-state index in [0.717, 1.165) is 0 Å². The number of amidine groups is 1. The molecule has 112 valence electrons. The van der Waals surface area contributed by atoms with Crippen molar-refractivity contribution < 1.29 is 13.3 Å². The standard InChI is InChI=1S/C14H11N3O4S/c1-9-8-10(17(18)19)6-7-12(9)15-14-11-4-2-3-5-13(11)22(20,21)16-14/h2-8H,1H3,(H,15,16). The zero-order valence-corrected chi connectivity index (χ0v) is 12.3. The molecule has 0 radical (unpaired) electrons. The first-order valence-electron chi connectivity index (χ1n) is 6.35. The Morgan fingerprint density at radius 3 is 2.59 bits per heavy atom. The monoisotopic (exact) mass is 317 g/mol. The van der Waals surface area contributed by atoms with Gasteiger partial charge in [-0.1, -0.05) is 12.1 Å². The van der Waals surface area contributed by atoms with Crippen molar-refractivity contribution in [2.45, 2.75) is 11.8 Å². The van der Waals surface area contributed by atoms with Crippen molar-refractivity contribution >= 4 is 27.2 Å². The first kappa shape index (κ1) is 14.2. The summed E-state index contributed by atoms with van der Waals surface area (Å²) in [7, 11) is -3.69. The van der Waals surface area contributed by atoms with Crippen LogP contribution in [0.4, 0.5) is 11.4 Å². The fraction of sp³-hybridized carbons (Fsp3) is 0.0714. The summed E-state index contributed by atoms with van der Waals surface area (Å²) in [5, 5.41) is 13.7. The summed E-state index contributed by atoms with van der Waals surface area (Å²) in [4.78, 5) is 10.4. The van der Waals surface area contributed by atoms with E-state index >= 15 is 0 Å². The summed E-state index contributed by atoms with van der Waals surface area (Å²) in [6.45, 7) is 1.70. The van der Waals surface area contributed by atoms with Gasteiger partial charge in [-0.25, -0.2) is 0 Å². The highest BCUT2D eigenvalue weighted by Gasteiger charge is 2.28. The van der Waals surface area contributed by atoms with Gasteiger partial charge in [-0.15, -0.1) is 4.40 Å². The fourth-order valence-electron chi connectivity index (χ4n) is 2.23. The first-order valence-corrected chi connectivity index (χ1v) is 7.79. The van der Waals surface area contributed by atoms with Gasteiger partial charge in [-0.05, 0) is 30.7 Å². The third kappa shape index (κ3) is 2.33. The van der Waals surface area contributed by atoms with Crippen LogP contribution in [0.15, 0.2) is 51.8 Å². The highest BCUT2D eigenvalue weighted by Crippen LogP contribution is 2.28. The summed E-state index contributed by atoms with van der Waals surface area (Å²) in [5.41, 5.74) is 1.65. The molecule has 2 aromatic carbocycles. The largest absolute Gasteiger partial charge is 0.339 e. The number of non-ortho nitro benzene ring substituents is 1. The average molecular weight is 317 g/mol. The van der Waals surface area contributed by atoms with Crippen LogP contribution in [-0.2, 0) is 10.0 Å². The van der Waals surface area contributed by atoms with E-state index in [2.05, 4.69) is 9.71 Å². The van der Waals surface area contributed by atoms with E-state index in [4.69, 9.17) is 0 Å². The maximum atomic E-state index is 12.0. The molecule has 1 aliphatic heterocycles. The van der Waals surface area contributed by atoms with E-state index in [1.165, 1.54) is 24.3 Å². The van der Waals surface area contributed by atoms with Crippen LogP contribution in [0.2, 0.25) is 0 Å². The first-order chi connectivity index (χ1) is 10.4. The fourth-order valence-corrected chi connectivity index (χ4v) is 3.40. The second-order valence-electron chi connectivity index (χ2n) is 4.79. The number of benzene rings is 2. The number of nitrogens with one attached hydrogen (secondary N) is 1. The Labute approximate surface area is 126 Å². The second-order valence-corrected chi connectivity index (χ2v) is 6.36. The SMILES string of the molecule is Cc1cc([N+](=O)[O-])ccc1NC1=NS(=O)(=O)c2ccccc21. The summed E-state index contributed by atoms with van der Waals surface area (Å²) >= 11 is 0. The predicted molar refractivity (Wildman–Crippen MR) is 81.6 cm³/mol. The summed E-state index contributed by atoms with van der Waals surface area (Å²) in [5.74, 6) is 0.215. The maximum Gasteiger partial charge on any atom is 0.285 e. The molecular formula is C14H11N3O4S. The minimum Gasteiger partial charge on any atom is -0.339 e. The summed E-state index contributed by atoms with van der Waals surface area (Å²) < 4.78 is 27.7. The Bertz CT molecular complexity index is 919. The van der Waals surface area contributed by atoms with Crippen LogP contribution in [0.3, 0.4) is 0 Å². The van der Waals surface area contributed by atoms with Gasteiger partial charge in [-0.2, -0.15) is 8.42 Å². The average Bonchev–Trinajstić information content (AvgIpc) is 2.73. The topological polar surface area (TPSA) is 102 Å². The number of anilines is 1. The van der Waals surface area contributed by atoms with Gasteiger partial charge < -0.3 is 5.32 Å². The Morgan fingerprint density at radius 2 is 1.91 bits per heavy atom. The van der Waals surface area contributed by atoms with Crippen molar-refractivity contribution in [3.8, 4) is 0 Å². The molecule has 0 bridgehead atoms. The molecule has 8 heteroatoms. The third-order valence-corrected chi connectivity index (χ3v) is 4.64. The molecule has 0 saturated carbocycles. The van der Waals surface area contributed by atoms with Gasteiger partial charge in [0.15, 0.2) is 5.84 Å². The molecule has 7 nitrogen and oxygen atoms in total. The molecule has 2 aromatic rings. The molecular weight excluding hydrogens is 306 g/mol. The Morgan fingerprint density at radius 1 is 1.18 bits per heavy atom. The van der Waals surface area contributed by atoms with Gasteiger partial charge in [0.1, 0.15) is 4.90 Å². The molecule has 0 unspecified atom stereocenters. The number of sulfonamides is 1. The van der Waals surface area contributed by atoms with E-state index in [1.807, 2.05) is 0 Å². The molecule has 0 fully saturated rings. The lowest BCUT2D eigenvalue weighted by molar-refractivity contribution is -0.384. The summed E-state index contributed by atoms with van der Waals surface area (Å²) in [6.07, 6.45) is 0. The normalized spacial score (nSPS) is 15.0. The smallest absolute Gasteiger partial charge is 0.285 e. The molecule has 0 atom stereocenters. The van der Waals surface area contributed by atoms with Crippen LogP contribution in [0, 0.1) is 17.0 Å². The molecule has 0 saturated heterocycles. The molecule has 0 aromatic heterocycles. The lowest BCUT2D eigenvalue weighted by Crippen LogP contribution is -2.12. The number of aryl methyl sites for hydroxylation is 1. The van der Waals surface area contributed by atoms with Crippen molar-refractivity contribution in [1.29, 1.82) is 0 Å². The third-order valence-electron chi connectivity index (χ3n) is 3.31. The molecule has 0 amide bonds. The summed E-state index contributed by atoms with van der Waals surface area (Å²) in [6, 6.07) is 10.8. The molecule has 1 aliphatic rings. The minimum atomic E-state index is -3.69. The van der Waals surface area contributed by atoms with E-state index in [9.17, 15) is 18.5 Å². The number of nitrogens with zero attached hydrogens (tertiary/aromatic N) is 2. The highest BCUT2D eigenvalue weighted by atomic mass is 32.2. The van der Waals surface area contributed by atoms with Gasteiger partial charge in [0.2, 0.25) is 0 Å². The van der Waals surface area contributed by atoms with Crippen LogP contribution in [-0.4, -0.2) is 19.2 Å². The van der Waals surface area contributed by atoms with Gasteiger partial charge in [-0.3, -0.25) is 10.1 Å². The number of fused-ring (bicyclic) bond motifs is 1. The molecule has 22 heavy (non-hydrogen) atoms. The predicted octanol–water partition coefficient (Wildman–Crippen LogP) is 2.46. The van der Waals surface area contributed by atoms with E-state index < -0.39 is 14.9 Å². The van der Waals surface area contributed by atoms with Crippen molar-refractivity contribution in [2.75, 3.05) is 5.32 Å². The quantitative estimate of drug-likeness (QED) is 0.677. The number of rotatable bonds is 2. The molecule has 1 heterocycles. The van der Waals surface area contributed by atoms with Crippen molar-refractivity contribution in [3.63, 3.8) is 0 Å². The maximum absolute atomic E-state index is 12.0.